The zero-order valence-electron chi connectivity index (χ0n) is 13.9. The van der Waals surface area contributed by atoms with E-state index in [9.17, 15) is 0 Å². The Hall–Kier alpha value is -1.16. The Morgan fingerprint density at radius 1 is 1.13 bits per heavy atom. The van der Waals surface area contributed by atoms with E-state index in [-0.39, 0.29) is 0 Å². The van der Waals surface area contributed by atoms with Crippen molar-refractivity contribution in [1.82, 2.24) is 5.32 Å². The fraction of sp³-hybridized carbons (Fsp3) is 0.368. The van der Waals surface area contributed by atoms with Crippen LogP contribution in [0.4, 0.5) is 0 Å². The van der Waals surface area contributed by atoms with E-state index in [0.717, 1.165) is 17.0 Å². The summed E-state index contributed by atoms with van der Waals surface area (Å²) in [5, 5.41) is 3.91. The number of ether oxygens (including phenoxy) is 1. The van der Waals surface area contributed by atoms with Crippen LogP contribution in [-0.4, -0.2) is 26.5 Å². The molecule has 0 radical (unpaired) electrons. The summed E-state index contributed by atoms with van der Waals surface area (Å²) in [5.74, 6) is 1.64. The van der Waals surface area contributed by atoms with Crippen molar-refractivity contribution in [2.45, 2.75) is 18.2 Å². The van der Waals surface area contributed by atoms with Gasteiger partial charge in [0.15, 0.2) is 0 Å². The third-order valence-electron chi connectivity index (χ3n) is 3.88. The minimum absolute atomic E-state index is 0.638. The van der Waals surface area contributed by atoms with Crippen LogP contribution in [0.1, 0.15) is 13.3 Å². The summed E-state index contributed by atoms with van der Waals surface area (Å²) in [4.78, 5) is 1.26. The van der Waals surface area contributed by atoms with Crippen LogP contribution in [0.3, 0.4) is 0 Å². The second-order valence-electron chi connectivity index (χ2n) is 5.68. The van der Waals surface area contributed by atoms with Gasteiger partial charge in [0, 0.05) is 4.90 Å². The number of hydrogen-bond donors (Lipinski definition) is 1. The molecule has 1 atom stereocenters. The van der Waals surface area contributed by atoms with Crippen LogP contribution in [0, 0.1) is 5.92 Å². The highest BCUT2D eigenvalue weighted by Crippen LogP contribution is 2.30. The zero-order valence-corrected chi connectivity index (χ0v) is 15.5. The number of halogens is 1. The topological polar surface area (TPSA) is 21.3 Å². The Labute approximate surface area is 148 Å². The van der Waals surface area contributed by atoms with Crippen LogP contribution in [0.15, 0.2) is 47.4 Å². The Morgan fingerprint density at radius 2 is 1.83 bits per heavy atom. The first-order chi connectivity index (χ1) is 11.1. The first-order valence-electron chi connectivity index (χ1n) is 7.82. The maximum atomic E-state index is 6.11. The monoisotopic (exact) mass is 349 g/mol. The first-order valence-corrected chi connectivity index (χ1v) is 9.43. The van der Waals surface area contributed by atoms with Crippen molar-refractivity contribution in [2.75, 3.05) is 26.5 Å². The second-order valence-corrected chi connectivity index (χ2v) is 6.96. The summed E-state index contributed by atoms with van der Waals surface area (Å²) >= 11 is 7.84. The van der Waals surface area contributed by atoms with Crippen molar-refractivity contribution < 1.29 is 4.74 Å². The molecule has 3 rings (SSSR count). The molecule has 1 heterocycles. The summed E-state index contributed by atoms with van der Waals surface area (Å²) in [6.45, 7) is 4.75. The zero-order chi connectivity index (χ0) is 16.7. The van der Waals surface area contributed by atoms with Crippen molar-refractivity contribution in [3.63, 3.8) is 0 Å². The minimum atomic E-state index is 0.638. The lowest BCUT2D eigenvalue weighted by Gasteiger charge is -2.06. The molecule has 2 aromatic carbocycles. The SMILES string of the molecule is CC1CCNC1.COc1ccc(-c2ccc(SC)cc2)cc1Cl. The molecule has 1 N–H and O–H groups in total. The summed E-state index contributed by atoms with van der Waals surface area (Å²) < 4.78 is 5.14. The van der Waals surface area contributed by atoms with Crippen LogP contribution in [0.5, 0.6) is 5.75 Å². The molecule has 1 aliphatic rings. The molecule has 1 unspecified atom stereocenters. The van der Waals surface area contributed by atoms with Gasteiger partial charge in [-0.05, 0) is 67.1 Å². The summed E-state index contributed by atoms with van der Waals surface area (Å²) in [5.41, 5.74) is 2.26. The van der Waals surface area contributed by atoms with Gasteiger partial charge in [0.1, 0.15) is 5.75 Å². The second kappa shape index (κ2) is 9.21. The predicted octanol–water partition coefficient (Wildman–Crippen LogP) is 5.35. The van der Waals surface area contributed by atoms with E-state index < -0.39 is 0 Å². The van der Waals surface area contributed by atoms with Crippen LogP contribution in [0.25, 0.3) is 11.1 Å². The summed E-state index contributed by atoms with van der Waals surface area (Å²) in [7, 11) is 1.62. The van der Waals surface area contributed by atoms with E-state index in [4.69, 9.17) is 16.3 Å². The molecule has 1 saturated heterocycles. The number of methoxy groups -OCH3 is 1. The van der Waals surface area contributed by atoms with E-state index in [0.29, 0.717) is 10.8 Å². The van der Waals surface area contributed by atoms with Crippen molar-refractivity contribution in [3.8, 4) is 16.9 Å². The van der Waals surface area contributed by atoms with Crippen LogP contribution in [-0.2, 0) is 0 Å². The summed E-state index contributed by atoms with van der Waals surface area (Å²) in [6.07, 6.45) is 3.44. The fourth-order valence-corrected chi connectivity index (χ4v) is 3.09. The molecular formula is C19H24ClNOS. The standard InChI is InChI=1S/C14H13ClOS.C5H11N/c1-16-14-8-5-11(9-13(14)15)10-3-6-12(17-2)7-4-10;1-5-2-3-6-4-5/h3-9H,1-2H3;5-6H,2-4H2,1H3. The van der Waals surface area contributed by atoms with Crippen LogP contribution >= 0.6 is 23.4 Å². The van der Waals surface area contributed by atoms with Crippen LogP contribution in [0.2, 0.25) is 5.02 Å². The van der Waals surface area contributed by atoms with Crippen molar-refractivity contribution in [3.05, 3.63) is 47.5 Å². The summed E-state index contributed by atoms with van der Waals surface area (Å²) in [6, 6.07) is 14.2. The molecule has 4 heteroatoms. The molecule has 2 aromatic rings. The average Bonchev–Trinajstić information content (AvgIpc) is 3.06. The molecule has 0 spiro atoms. The maximum absolute atomic E-state index is 6.11. The number of thioether (sulfide) groups is 1. The van der Waals surface area contributed by atoms with Gasteiger partial charge in [-0.15, -0.1) is 11.8 Å². The largest absolute Gasteiger partial charge is 0.495 e. The van der Waals surface area contributed by atoms with Gasteiger partial charge < -0.3 is 10.1 Å². The van der Waals surface area contributed by atoms with Gasteiger partial charge in [-0.1, -0.05) is 36.7 Å². The Bertz CT molecular complexity index is 609. The lowest BCUT2D eigenvalue weighted by Crippen LogP contribution is -2.06. The predicted molar refractivity (Wildman–Crippen MR) is 102 cm³/mol. The van der Waals surface area contributed by atoms with Gasteiger partial charge in [0.25, 0.3) is 0 Å². The number of benzene rings is 2. The molecule has 0 aromatic heterocycles. The van der Waals surface area contributed by atoms with E-state index in [1.807, 2.05) is 18.2 Å². The average molecular weight is 350 g/mol. The molecule has 23 heavy (non-hydrogen) atoms. The van der Waals surface area contributed by atoms with Crippen molar-refractivity contribution in [2.24, 2.45) is 5.92 Å². The third kappa shape index (κ3) is 5.45. The van der Waals surface area contributed by atoms with Gasteiger partial charge >= 0.3 is 0 Å². The van der Waals surface area contributed by atoms with E-state index in [2.05, 4.69) is 42.8 Å². The molecule has 1 aliphatic heterocycles. The first kappa shape index (κ1) is 18.2. The Morgan fingerprint density at radius 3 is 2.26 bits per heavy atom. The molecule has 0 saturated carbocycles. The Balaban J connectivity index is 0.000000268. The lowest BCUT2D eigenvalue weighted by atomic mass is 10.1. The highest BCUT2D eigenvalue weighted by molar-refractivity contribution is 7.98. The molecule has 124 valence electrons. The molecular weight excluding hydrogens is 326 g/mol. The fourth-order valence-electron chi connectivity index (χ4n) is 2.43. The number of rotatable bonds is 3. The molecule has 0 bridgehead atoms. The van der Waals surface area contributed by atoms with E-state index in [1.165, 1.54) is 24.4 Å². The lowest BCUT2D eigenvalue weighted by molar-refractivity contribution is 0.415. The van der Waals surface area contributed by atoms with Gasteiger partial charge in [0.2, 0.25) is 0 Å². The smallest absolute Gasteiger partial charge is 0.137 e. The maximum Gasteiger partial charge on any atom is 0.137 e. The molecule has 1 fully saturated rings. The highest BCUT2D eigenvalue weighted by Gasteiger charge is 2.06. The molecule has 2 nitrogen and oxygen atoms in total. The van der Waals surface area contributed by atoms with Crippen molar-refractivity contribution in [1.29, 1.82) is 0 Å². The van der Waals surface area contributed by atoms with Gasteiger partial charge in [-0.25, -0.2) is 0 Å². The van der Waals surface area contributed by atoms with E-state index >= 15 is 0 Å². The number of nitrogens with one attached hydrogen (secondary N) is 1. The highest BCUT2D eigenvalue weighted by atomic mass is 35.5. The Kier molecular flexibility index (Phi) is 7.28. The minimum Gasteiger partial charge on any atom is -0.495 e. The van der Waals surface area contributed by atoms with Crippen LogP contribution < -0.4 is 10.1 Å². The quantitative estimate of drug-likeness (QED) is 0.754. The van der Waals surface area contributed by atoms with Gasteiger partial charge in [-0.3, -0.25) is 0 Å². The molecule has 0 amide bonds. The third-order valence-corrected chi connectivity index (χ3v) is 4.92. The van der Waals surface area contributed by atoms with E-state index in [1.54, 1.807) is 18.9 Å². The van der Waals surface area contributed by atoms with Crippen molar-refractivity contribution >= 4 is 23.4 Å². The number of hydrogen-bond acceptors (Lipinski definition) is 3. The van der Waals surface area contributed by atoms with Gasteiger partial charge in [0.05, 0.1) is 12.1 Å². The normalized spacial score (nSPS) is 16.6. The molecule has 0 aliphatic carbocycles. The van der Waals surface area contributed by atoms with Gasteiger partial charge in [-0.2, -0.15) is 0 Å².